The molecule has 2 unspecified atom stereocenters. The van der Waals surface area contributed by atoms with E-state index in [-0.39, 0.29) is 24.8 Å². The summed E-state index contributed by atoms with van der Waals surface area (Å²) in [5.74, 6) is -0.348. The van der Waals surface area contributed by atoms with Gasteiger partial charge in [-0.05, 0) is 42.8 Å². The topological polar surface area (TPSA) is 82.8 Å². The molecule has 25 heavy (non-hydrogen) atoms. The molecule has 1 aliphatic heterocycles. The summed E-state index contributed by atoms with van der Waals surface area (Å²) in [5.41, 5.74) is 1.82. The average Bonchev–Trinajstić information content (AvgIpc) is 3.24. The maximum atomic E-state index is 12.3. The SMILES string of the molecule is Cc1cc(N2CC(C(=O)NCC(O)c3ccco3)CC2=O)ccc1Br. The van der Waals surface area contributed by atoms with Gasteiger partial charge in [0.2, 0.25) is 11.8 Å². The van der Waals surface area contributed by atoms with Crippen molar-refractivity contribution in [2.24, 2.45) is 5.92 Å². The summed E-state index contributed by atoms with van der Waals surface area (Å²) in [6, 6.07) is 8.99. The summed E-state index contributed by atoms with van der Waals surface area (Å²) in [6.45, 7) is 2.34. The van der Waals surface area contributed by atoms with Gasteiger partial charge in [-0.25, -0.2) is 0 Å². The van der Waals surface area contributed by atoms with Crippen molar-refractivity contribution in [2.45, 2.75) is 19.4 Å². The Labute approximate surface area is 153 Å². The van der Waals surface area contributed by atoms with Gasteiger partial charge in [0, 0.05) is 23.1 Å². The maximum Gasteiger partial charge on any atom is 0.227 e. The van der Waals surface area contributed by atoms with E-state index in [2.05, 4.69) is 21.2 Å². The van der Waals surface area contributed by atoms with Crippen LogP contribution in [0.5, 0.6) is 0 Å². The molecule has 3 rings (SSSR count). The monoisotopic (exact) mass is 406 g/mol. The third-order valence-electron chi connectivity index (χ3n) is 4.29. The molecule has 0 bridgehead atoms. The fraction of sp³-hybridized carbons (Fsp3) is 0.333. The van der Waals surface area contributed by atoms with Crippen LogP contribution < -0.4 is 10.2 Å². The van der Waals surface area contributed by atoms with E-state index in [1.54, 1.807) is 17.0 Å². The third-order valence-corrected chi connectivity index (χ3v) is 5.18. The number of nitrogens with zero attached hydrogens (tertiary/aromatic N) is 1. The van der Waals surface area contributed by atoms with E-state index in [0.29, 0.717) is 12.3 Å². The molecule has 0 radical (unpaired) electrons. The van der Waals surface area contributed by atoms with Crippen LogP contribution in [0.15, 0.2) is 45.5 Å². The van der Waals surface area contributed by atoms with Gasteiger partial charge in [0.05, 0.1) is 18.7 Å². The van der Waals surface area contributed by atoms with E-state index in [9.17, 15) is 14.7 Å². The number of rotatable bonds is 5. The van der Waals surface area contributed by atoms with Crippen LogP contribution in [0, 0.1) is 12.8 Å². The molecule has 6 nitrogen and oxygen atoms in total. The van der Waals surface area contributed by atoms with E-state index >= 15 is 0 Å². The Morgan fingerprint density at radius 3 is 2.96 bits per heavy atom. The van der Waals surface area contributed by atoms with Crippen molar-refractivity contribution in [3.05, 3.63) is 52.4 Å². The van der Waals surface area contributed by atoms with Gasteiger partial charge >= 0.3 is 0 Å². The third kappa shape index (κ3) is 3.93. The fourth-order valence-electron chi connectivity index (χ4n) is 2.85. The largest absolute Gasteiger partial charge is 0.467 e. The minimum Gasteiger partial charge on any atom is -0.467 e. The van der Waals surface area contributed by atoms with E-state index in [0.717, 1.165) is 15.7 Å². The molecule has 1 saturated heterocycles. The standard InChI is InChI=1S/C18H19BrN2O4/c1-11-7-13(4-5-14(11)19)21-10-12(8-17(21)23)18(24)20-9-15(22)16-3-2-6-25-16/h2-7,12,15,22H,8-10H2,1H3,(H,20,24). The molecule has 0 saturated carbocycles. The number of carbonyl (C=O) groups excluding carboxylic acids is 2. The van der Waals surface area contributed by atoms with E-state index in [1.807, 2.05) is 25.1 Å². The Hall–Kier alpha value is -2.12. The zero-order valence-corrected chi connectivity index (χ0v) is 15.3. The first-order valence-electron chi connectivity index (χ1n) is 8.01. The number of furan rings is 1. The molecule has 2 atom stereocenters. The van der Waals surface area contributed by atoms with E-state index in [4.69, 9.17) is 4.42 Å². The van der Waals surface area contributed by atoms with Gasteiger partial charge in [0.25, 0.3) is 0 Å². The molecule has 1 aromatic heterocycles. The summed E-state index contributed by atoms with van der Waals surface area (Å²) < 4.78 is 6.07. The van der Waals surface area contributed by atoms with Crippen LogP contribution in [0.25, 0.3) is 0 Å². The van der Waals surface area contributed by atoms with Crippen molar-refractivity contribution in [1.29, 1.82) is 0 Å². The number of anilines is 1. The summed E-state index contributed by atoms with van der Waals surface area (Å²) in [7, 11) is 0. The molecule has 0 spiro atoms. The van der Waals surface area contributed by atoms with Crippen molar-refractivity contribution in [2.75, 3.05) is 18.0 Å². The zero-order chi connectivity index (χ0) is 18.0. The number of hydrogen-bond acceptors (Lipinski definition) is 4. The van der Waals surface area contributed by atoms with Crippen molar-refractivity contribution < 1.29 is 19.1 Å². The lowest BCUT2D eigenvalue weighted by molar-refractivity contribution is -0.126. The summed E-state index contributed by atoms with van der Waals surface area (Å²) >= 11 is 3.44. The second kappa shape index (κ2) is 7.41. The second-order valence-electron chi connectivity index (χ2n) is 6.12. The average molecular weight is 407 g/mol. The molecule has 7 heteroatoms. The molecular formula is C18H19BrN2O4. The summed E-state index contributed by atoms with van der Waals surface area (Å²) in [5, 5.41) is 12.6. The molecule has 2 N–H and O–H groups in total. The predicted octanol–water partition coefficient (Wildman–Crippen LogP) is 2.55. The smallest absolute Gasteiger partial charge is 0.227 e. The number of benzene rings is 1. The molecule has 2 aromatic rings. The number of amides is 2. The minimum absolute atomic E-state index is 0.0500. The highest BCUT2D eigenvalue weighted by Crippen LogP contribution is 2.28. The number of carbonyl (C=O) groups is 2. The Balaban J connectivity index is 1.59. The highest BCUT2D eigenvalue weighted by molar-refractivity contribution is 9.10. The first-order chi connectivity index (χ1) is 12.0. The van der Waals surface area contributed by atoms with Gasteiger partial charge in [0.1, 0.15) is 11.9 Å². The van der Waals surface area contributed by atoms with Gasteiger partial charge in [-0.3, -0.25) is 9.59 Å². The first kappa shape index (κ1) is 17.7. The molecule has 2 heterocycles. The highest BCUT2D eigenvalue weighted by Gasteiger charge is 2.35. The summed E-state index contributed by atoms with van der Waals surface area (Å²) in [4.78, 5) is 26.2. The van der Waals surface area contributed by atoms with Gasteiger partial charge in [-0.2, -0.15) is 0 Å². The molecular weight excluding hydrogens is 388 g/mol. The van der Waals surface area contributed by atoms with Crippen molar-refractivity contribution in [3.8, 4) is 0 Å². The molecule has 2 amide bonds. The van der Waals surface area contributed by atoms with Crippen LogP contribution in [-0.4, -0.2) is 30.0 Å². The zero-order valence-electron chi connectivity index (χ0n) is 13.7. The van der Waals surface area contributed by atoms with Crippen molar-refractivity contribution >= 4 is 33.4 Å². The lowest BCUT2D eigenvalue weighted by atomic mass is 10.1. The quantitative estimate of drug-likeness (QED) is 0.798. The predicted molar refractivity (Wildman–Crippen MR) is 96.0 cm³/mol. The van der Waals surface area contributed by atoms with Gasteiger partial charge in [0.15, 0.2) is 0 Å². The highest BCUT2D eigenvalue weighted by atomic mass is 79.9. The van der Waals surface area contributed by atoms with Gasteiger partial charge < -0.3 is 19.7 Å². The normalized spacial score (nSPS) is 18.4. The first-order valence-corrected chi connectivity index (χ1v) is 8.80. The van der Waals surface area contributed by atoms with Crippen LogP contribution in [0.2, 0.25) is 0 Å². The van der Waals surface area contributed by atoms with Crippen LogP contribution in [0.4, 0.5) is 5.69 Å². The molecule has 132 valence electrons. The van der Waals surface area contributed by atoms with Crippen molar-refractivity contribution in [1.82, 2.24) is 5.32 Å². The lowest BCUT2D eigenvalue weighted by Gasteiger charge is -2.18. The summed E-state index contributed by atoms with van der Waals surface area (Å²) in [6.07, 6.45) is 0.729. The van der Waals surface area contributed by atoms with E-state index < -0.39 is 12.0 Å². The lowest BCUT2D eigenvalue weighted by Crippen LogP contribution is -2.35. The second-order valence-corrected chi connectivity index (χ2v) is 6.97. The Morgan fingerprint density at radius 1 is 1.48 bits per heavy atom. The molecule has 0 aliphatic carbocycles. The number of aliphatic hydroxyl groups is 1. The van der Waals surface area contributed by atoms with E-state index in [1.165, 1.54) is 6.26 Å². The molecule has 1 aliphatic rings. The maximum absolute atomic E-state index is 12.3. The molecule has 1 fully saturated rings. The van der Waals surface area contributed by atoms with Crippen LogP contribution in [0.3, 0.4) is 0 Å². The van der Waals surface area contributed by atoms with Crippen LogP contribution in [0.1, 0.15) is 23.8 Å². The fourth-order valence-corrected chi connectivity index (χ4v) is 3.10. The number of nitrogens with one attached hydrogen (secondary N) is 1. The molecule has 1 aromatic carbocycles. The number of aliphatic hydroxyl groups excluding tert-OH is 1. The number of halogens is 1. The van der Waals surface area contributed by atoms with Crippen molar-refractivity contribution in [3.63, 3.8) is 0 Å². The number of hydrogen-bond donors (Lipinski definition) is 2. The van der Waals surface area contributed by atoms with Crippen LogP contribution in [-0.2, 0) is 9.59 Å². The Morgan fingerprint density at radius 2 is 2.28 bits per heavy atom. The Kier molecular flexibility index (Phi) is 5.24. The van der Waals surface area contributed by atoms with Gasteiger partial charge in [-0.1, -0.05) is 15.9 Å². The minimum atomic E-state index is -0.902. The number of aryl methyl sites for hydroxylation is 1. The van der Waals surface area contributed by atoms with Gasteiger partial charge in [-0.15, -0.1) is 0 Å². The van der Waals surface area contributed by atoms with Crippen LogP contribution >= 0.6 is 15.9 Å². The Bertz CT molecular complexity index is 775.